The summed E-state index contributed by atoms with van der Waals surface area (Å²) in [7, 11) is -4.48. The van der Waals surface area contributed by atoms with Gasteiger partial charge in [0, 0.05) is 62.1 Å². The molecular formula is C30H31N7O6S. The number of hydrogen-bond acceptors (Lipinski definition) is 10. The maximum Gasteiger partial charge on any atom is 0.293 e. The van der Waals surface area contributed by atoms with Crippen molar-refractivity contribution in [2.24, 2.45) is 0 Å². The molecule has 1 fully saturated rings. The van der Waals surface area contributed by atoms with Crippen molar-refractivity contribution >= 4 is 44.0 Å². The van der Waals surface area contributed by atoms with E-state index in [1.165, 1.54) is 24.4 Å². The van der Waals surface area contributed by atoms with E-state index >= 15 is 0 Å². The number of nitro groups is 1. The van der Waals surface area contributed by atoms with Crippen LogP contribution in [0, 0.1) is 22.0 Å². The molecule has 2 aromatic heterocycles. The summed E-state index contributed by atoms with van der Waals surface area (Å²) >= 11 is 0. The highest BCUT2D eigenvalue weighted by atomic mass is 32.2. The van der Waals surface area contributed by atoms with Crippen molar-refractivity contribution in [3.8, 4) is 23.3 Å². The van der Waals surface area contributed by atoms with Gasteiger partial charge in [0.05, 0.1) is 28.1 Å². The number of fused-ring (bicyclic) bond motifs is 1. The van der Waals surface area contributed by atoms with E-state index in [1.807, 2.05) is 17.7 Å². The number of pyridine rings is 1. The molecule has 0 radical (unpaired) electrons. The average Bonchev–Trinajstić information content (AvgIpc) is 3.48. The number of nitro benzene ring substituents is 1. The number of ether oxygens (including phenoxy) is 1. The van der Waals surface area contributed by atoms with Gasteiger partial charge in [-0.25, -0.2) is 18.1 Å². The standard InChI is InChI=1S/C30H31N7O6S/c1-3-5-12-35-13-15-36(16-14-35)22-6-8-25(28(18-22)43-23-17-21-10-11-32-29(21)33-20-23)30(38)34-44(41,42)24-7-9-26(31-4-2)27(19-24)37(39)40/h6-11,17-20,31H,4,12-16H2,1-2H3,(H,32,33)(H,34,38). The zero-order valence-electron chi connectivity index (χ0n) is 24.2. The van der Waals surface area contributed by atoms with E-state index < -0.39 is 31.4 Å². The smallest absolute Gasteiger partial charge is 0.293 e. The molecule has 0 atom stereocenters. The number of nitrogens with one attached hydrogen (secondary N) is 3. The van der Waals surface area contributed by atoms with Crippen molar-refractivity contribution in [3.63, 3.8) is 0 Å². The number of anilines is 2. The zero-order chi connectivity index (χ0) is 31.3. The molecule has 0 unspecified atom stereocenters. The minimum atomic E-state index is -4.48. The SMILES string of the molecule is CC#CCN1CCN(c2ccc(C(=O)NS(=O)(=O)c3ccc(NCC)c([N+](=O)[O-])c3)c(Oc3cnc4[nH]ccc4c3)c2)CC1. The van der Waals surface area contributed by atoms with E-state index in [0.717, 1.165) is 43.3 Å². The lowest BCUT2D eigenvalue weighted by molar-refractivity contribution is -0.384. The number of hydrogen-bond donors (Lipinski definition) is 3. The lowest BCUT2D eigenvalue weighted by Crippen LogP contribution is -2.46. The summed E-state index contributed by atoms with van der Waals surface area (Å²) in [4.78, 5) is 35.7. The Bertz CT molecular complexity index is 1870. The van der Waals surface area contributed by atoms with Gasteiger partial charge in [0.25, 0.3) is 21.6 Å². The third-order valence-electron chi connectivity index (χ3n) is 7.10. The topological polar surface area (TPSA) is 163 Å². The van der Waals surface area contributed by atoms with Gasteiger partial charge >= 0.3 is 0 Å². The van der Waals surface area contributed by atoms with Crippen LogP contribution in [0.1, 0.15) is 24.2 Å². The van der Waals surface area contributed by atoms with E-state index in [2.05, 4.69) is 36.9 Å². The van der Waals surface area contributed by atoms with Gasteiger partial charge < -0.3 is 19.9 Å². The highest BCUT2D eigenvalue weighted by molar-refractivity contribution is 7.90. The van der Waals surface area contributed by atoms with Gasteiger partial charge in [0.15, 0.2) is 0 Å². The van der Waals surface area contributed by atoms with Crippen LogP contribution >= 0.6 is 0 Å². The Hall–Kier alpha value is -5.13. The second kappa shape index (κ2) is 13.0. The highest BCUT2D eigenvalue weighted by Crippen LogP contribution is 2.32. The first kappa shape index (κ1) is 30.3. The van der Waals surface area contributed by atoms with Crippen LogP contribution in [-0.4, -0.2) is 73.4 Å². The van der Waals surface area contributed by atoms with Gasteiger partial charge in [-0.2, -0.15) is 0 Å². The molecule has 44 heavy (non-hydrogen) atoms. The Morgan fingerprint density at radius 3 is 2.66 bits per heavy atom. The first-order valence-electron chi connectivity index (χ1n) is 13.9. The number of aromatic nitrogens is 2. The van der Waals surface area contributed by atoms with E-state index in [9.17, 15) is 23.3 Å². The maximum absolute atomic E-state index is 13.5. The lowest BCUT2D eigenvalue weighted by atomic mass is 10.1. The average molecular weight is 618 g/mol. The molecule has 0 saturated carbocycles. The number of piperazine rings is 1. The Labute approximate surface area is 254 Å². The molecule has 14 heteroatoms. The molecule has 1 aliphatic heterocycles. The Kier molecular flexibility index (Phi) is 8.98. The normalized spacial score (nSPS) is 13.6. The lowest BCUT2D eigenvalue weighted by Gasteiger charge is -2.35. The van der Waals surface area contributed by atoms with Crippen molar-refractivity contribution in [3.05, 3.63) is 76.6 Å². The Morgan fingerprint density at radius 1 is 1.14 bits per heavy atom. The van der Waals surface area contributed by atoms with Crippen molar-refractivity contribution in [1.29, 1.82) is 0 Å². The fourth-order valence-electron chi connectivity index (χ4n) is 4.84. The highest BCUT2D eigenvalue weighted by Gasteiger charge is 2.26. The van der Waals surface area contributed by atoms with E-state index in [1.54, 1.807) is 31.3 Å². The summed E-state index contributed by atoms with van der Waals surface area (Å²) in [6, 6.07) is 11.9. The number of carbonyl (C=O) groups is 1. The van der Waals surface area contributed by atoms with Crippen LogP contribution in [0.15, 0.2) is 65.8 Å². The minimum absolute atomic E-state index is 0.0397. The third kappa shape index (κ3) is 6.74. The van der Waals surface area contributed by atoms with Crippen molar-refractivity contribution in [2.45, 2.75) is 18.7 Å². The number of H-pyrrole nitrogens is 1. The van der Waals surface area contributed by atoms with Crippen LogP contribution in [0.25, 0.3) is 11.0 Å². The number of carbonyl (C=O) groups excluding carboxylic acids is 1. The van der Waals surface area contributed by atoms with Crippen LogP contribution in [0.5, 0.6) is 11.5 Å². The van der Waals surface area contributed by atoms with Crippen molar-refractivity contribution in [1.82, 2.24) is 19.6 Å². The number of aromatic amines is 1. The van der Waals surface area contributed by atoms with E-state index in [0.29, 0.717) is 24.5 Å². The number of amides is 1. The molecule has 0 aliphatic carbocycles. The molecule has 5 rings (SSSR count). The summed E-state index contributed by atoms with van der Waals surface area (Å²) in [6.45, 7) is 7.73. The predicted octanol–water partition coefficient (Wildman–Crippen LogP) is 3.96. The first-order chi connectivity index (χ1) is 21.2. The quantitative estimate of drug-likeness (QED) is 0.135. The fourth-order valence-corrected chi connectivity index (χ4v) is 5.83. The molecule has 3 N–H and O–H groups in total. The number of benzene rings is 2. The van der Waals surface area contributed by atoms with Crippen LogP contribution in [0.2, 0.25) is 0 Å². The second-order valence-electron chi connectivity index (χ2n) is 9.96. The molecule has 1 saturated heterocycles. The van der Waals surface area contributed by atoms with Gasteiger partial charge in [0.1, 0.15) is 22.8 Å². The summed E-state index contributed by atoms with van der Waals surface area (Å²) in [5.74, 6) is 5.52. The Balaban J connectivity index is 1.44. The minimum Gasteiger partial charge on any atom is -0.455 e. The molecule has 4 aromatic rings. The van der Waals surface area contributed by atoms with Crippen molar-refractivity contribution < 1.29 is 22.9 Å². The summed E-state index contributed by atoms with van der Waals surface area (Å²) in [6.07, 6.45) is 3.25. The maximum atomic E-state index is 13.5. The van der Waals surface area contributed by atoms with Crippen molar-refractivity contribution in [2.75, 3.05) is 49.5 Å². The molecule has 0 bridgehead atoms. The summed E-state index contributed by atoms with van der Waals surface area (Å²) in [5, 5.41) is 15.2. The Morgan fingerprint density at radius 2 is 1.93 bits per heavy atom. The number of sulfonamides is 1. The molecule has 1 aliphatic rings. The van der Waals surface area contributed by atoms with Crippen LogP contribution in [0.4, 0.5) is 17.1 Å². The molecule has 0 spiro atoms. The molecule has 3 heterocycles. The monoisotopic (exact) mass is 617 g/mol. The molecule has 228 valence electrons. The zero-order valence-corrected chi connectivity index (χ0v) is 25.0. The number of rotatable bonds is 10. The molecule has 1 amide bonds. The largest absolute Gasteiger partial charge is 0.455 e. The van der Waals surface area contributed by atoms with Crippen LogP contribution < -0.4 is 19.7 Å². The van der Waals surface area contributed by atoms with Gasteiger partial charge in [-0.1, -0.05) is 5.92 Å². The van der Waals surface area contributed by atoms with Gasteiger partial charge in [-0.05, 0) is 50.2 Å². The molecule has 2 aromatic carbocycles. The molecular weight excluding hydrogens is 586 g/mol. The van der Waals surface area contributed by atoms with E-state index in [-0.39, 0.29) is 17.0 Å². The van der Waals surface area contributed by atoms with E-state index in [4.69, 9.17) is 4.74 Å². The first-order valence-corrected chi connectivity index (χ1v) is 15.4. The molecule has 13 nitrogen and oxygen atoms in total. The predicted molar refractivity (Wildman–Crippen MR) is 167 cm³/mol. The van der Waals surface area contributed by atoms with Gasteiger partial charge in [0.2, 0.25) is 0 Å². The van der Waals surface area contributed by atoms with Crippen LogP contribution in [-0.2, 0) is 10.0 Å². The number of nitrogens with zero attached hydrogens (tertiary/aromatic N) is 4. The fraction of sp³-hybridized carbons (Fsp3) is 0.267. The second-order valence-corrected chi connectivity index (χ2v) is 11.6. The van der Waals surface area contributed by atoms with Crippen LogP contribution in [0.3, 0.4) is 0 Å². The summed E-state index contributed by atoms with van der Waals surface area (Å²) < 4.78 is 34.6. The summed E-state index contributed by atoms with van der Waals surface area (Å²) in [5.41, 5.74) is 1.16. The third-order valence-corrected chi connectivity index (χ3v) is 8.43. The van der Waals surface area contributed by atoms with Gasteiger partial charge in [-0.15, -0.1) is 5.92 Å². The van der Waals surface area contributed by atoms with Gasteiger partial charge in [-0.3, -0.25) is 19.8 Å².